The van der Waals surface area contributed by atoms with Crippen LogP contribution in [0, 0.1) is 0 Å². The molecule has 2 aromatic heterocycles. The highest BCUT2D eigenvalue weighted by atomic mass is 16.3. The molecule has 4 heteroatoms. The van der Waals surface area contributed by atoms with Crippen LogP contribution in [-0.2, 0) is 19.4 Å². The van der Waals surface area contributed by atoms with Gasteiger partial charge < -0.3 is 9.73 Å². The molecule has 0 spiro atoms. The van der Waals surface area contributed by atoms with Crippen molar-refractivity contribution in [3.05, 3.63) is 77.7 Å². The summed E-state index contributed by atoms with van der Waals surface area (Å²) in [5.41, 5.74) is 5.02. The van der Waals surface area contributed by atoms with Crippen LogP contribution < -0.4 is 5.32 Å². The molecule has 0 unspecified atom stereocenters. The number of aryl methyl sites for hydroxylation is 2. The lowest BCUT2D eigenvalue weighted by atomic mass is 10.0. The Balaban J connectivity index is 1.56. The highest BCUT2D eigenvalue weighted by molar-refractivity contribution is 6.00. The summed E-state index contributed by atoms with van der Waals surface area (Å²) >= 11 is 0. The van der Waals surface area contributed by atoms with E-state index >= 15 is 0 Å². The third-order valence-electron chi connectivity index (χ3n) is 5.07. The standard InChI is InChI=1S/C22H19N3O/c1-2-9-20-19(8-1)21(17-11-10-15-5-3-6-16(15)13-17)24-25-22(20)23-14-18-7-4-12-26-18/h1-2,4,7-13H,3,5-6,14H2,(H,23,25). The number of anilines is 1. The predicted molar refractivity (Wildman–Crippen MR) is 103 cm³/mol. The van der Waals surface area contributed by atoms with Crippen LogP contribution in [0.3, 0.4) is 0 Å². The number of furan rings is 1. The van der Waals surface area contributed by atoms with Gasteiger partial charge in [0.05, 0.1) is 12.8 Å². The number of hydrogen-bond donors (Lipinski definition) is 1. The first-order chi connectivity index (χ1) is 12.9. The van der Waals surface area contributed by atoms with E-state index in [9.17, 15) is 0 Å². The van der Waals surface area contributed by atoms with Gasteiger partial charge in [0.25, 0.3) is 0 Å². The van der Waals surface area contributed by atoms with Gasteiger partial charge in [-0.05, 0) is 48.6 Å². The van der Waals surface area contributed by atoms with Gasteiger partial charge in [0.15, 0.2) is 5.82 Å². The molecule has 4 aromatic rings. The Kier molecular flexibility index (Phi) is 3.67. The van der Waals surface area contributed by atoms with Crippen LogP contribution in [-0.4, -0.2) is 10.2 Å². The number of benzene rings is 2. The van der Waals surface area contributed by atoms with E-state index < -0.39 is 0 Å². The van der Waals surface area contributed by atoms with Gasteiger partial charge in [-0.1, -0.05) is 36.4 Å². The first-order valence-corrected chi connectivity index (χ1v) is 9.02. The Morgan fingerprint density at radius 3 is 2.65 bits per heavy atom. The largest absolute Gasteiger partial charge is 0.467 e. The number of hydrogen-bond acceptors (Lipinski definition) is 4. The van der Waals surface area contributed by atoms with Crippen LogP contribution in [0.1, 0.15) is 23.3 Å². The molecule has 1 aliphatic carbocycles. The minimum absolute atomic E-state index is 0.587. The van der Waals surface area contributed by atoms with Crippen LogP contribution in [0.25, 0.3) is 22.0 Å². The molecular formula is C22H19N3O. The van der Waals surface area contributed by atoms with E-state index in [1.54, 1.807) is 6.26 Å². The van der Waals surface area contributed by atoms with Crippen LogP contribution in [0.15, 0.2) is 65.3 Å². The molecule has 1 N–H and O–H groups in total. The molecule has 5 rings (SSSR count). The molecule has 0 saturated carbocycles. The Morgan fingerprint density at radius 1 is 0.885 bits per heavy atom. The summed E-state index contributed by atoms with van der Waals surface area (Å²) in [4.78, 5) is 0. The number of rotatable bonds is 4. The van der Waals surface area contributed by atoms with Crippen LogP contribution in [0.2, 0.25) is 0 Å². The van der Waals surface area contributed by atoms with Crippen LogP contribution >= 0.6 is 0 Å². The molecule has 0 fully saturated rings. The fraction of sp³-hybridized carbons (Fsp3) is 0.182. The second kappa shape index (κ2) is 6.30. The summed E-state index contributed by atoms with van der Waals surface area (Å²) in [6, 6.07) is 18.8. The highest BCUT2D eigenvalue weighted by Gasteiger charge is 2.15. The summed E-state index contributed by atoms with van der Waals surface area (Å²) in [6.07, 6.45) is 5.29. The van der Waals surface area contributed by atoms with Crippen LogP contribution in [0.5, 0.6) is 0 Å². The molecule has 1 aliphatic rings. The van der Waals surface area contributed by atoms with E-state index in [4.69, 9.17) is 4.42 Å². The first kappa shape index (κ1) is 15.1. The van der Waals surface area contributed by atoms with Crippen molar-refractivity contribution in [2.24, 2.45) is 0 Å². The van der Waals surface area contributed by atoms with Crippen molar-refractivity contribution >= 4 is 16.6 Å². The second-order valence-corrected chi connectivity index (χ2v) is 6.71. The zero-order valence-corrected chi connectivity index (χ0v) is 14.4. The Hall–Kier alpha value is -3.14. The summed E-state index contributed by atoms with van der Waals surface area (Å²) in [5, 5.41) is 14.6. The Labute approximate surface area is 151 Å². The highest BCUT2D eigenvalue weighted by Crippen LogP contribution is 2.32. The summed E-state index contributed by atoms with van der Waals surface area (Å²) in [5.74, 6) is 1.65. The third kappa shape index (κ3) is 2.64. The first-order valence-electron chi connectivity index (χ1n) is 9.02. The number of nitrogens with one attached hydrogen (secondary N) is 1. The average molecular weight is 341 g/mol. The second-order valence-electron chi connectivity index (χ2n) is 6.71. The quantitative estimate of drug-likeness (QED) is 0.568. The molecule has 2 aromatic carbocycles. The normalized spacial score (nSPS) is 13.1. The number of fused-ring (bicyclic) bond motifs is 2. The van der Waals surface area contributed by atoms with Gasteiger partial charge in [-0.2, -0.15) is 0 Å². The summed E-state index contributed by atoms with van der Waals surface area (Å²) in [7, 11) is 0. The molecule has 0 saturated heterocycles. The Bertz CT molecular complexity index is 1070. The minimum atomic E-state index is 0.587. The molecular weight excluding hydrogens is 322 g/mol. The summed E-state index contributed by atoms with van der Waals surface area (Å²) < 4.78 is 5.39. The fourth-order valence-electron chi connectivity index (χ4n) is 3.75. The smallest absolute Gasteiger partial charge is 0.156 e. The topological polar surface area (TPSA) is 51.0 Å². The zero-order valence-electron chi connectivity index (χ0n) is 14.4. The van der Waals surface area contributed by atoms with E-state index in [-0.39, 0.29) is 0 Å². The number of aromatic nitrogens is 2. The van der Waals surface area contributed by atoms with Gasteiger partial charge in [-0.25, -0.2) is 0 Å². The Morgan fingerprint density at radius 2 is 1.77 bits per heavy atom. The monoisotopic (exact) mass is 341 g/mol. The van der Waals surface area contributed by atoms with Crippen molar-refractivity contribution < 1.29 is 4.42 Å². The van der Waals surface area contributed by atoms with Crippen molar-refractivity contribution in [2.45, 2.75) is 25.8 Å². The van der Waals surface area contributed by atoms with Crippen molar-refractivity contribution in [3.63, 3.8) is 0 Å². The van der Waals surface area contributed by atoms with Crippen molar-refractivity contribution in [2.75, 3.05) is 5.32 Å². The van der Waals surface area contributed by atoms with Gasteiger partial charge in [-0.3, -0.25) is 0 Å². The van der Waals surface area contributed by atoms with E-state index in [0.717, 1.165) is 40.0 Å². The van der Waals surface area contributed by atoms with Gasteiger partial charge in [0, 0.05) is 16.3 Å². The van der Waals surface area contributed by atoms with Gasteiger partial charge in [-0.15, -0.1) is 10.2 Å². The zero-order chi connectivity index (χ0) is 17.3. The van der Waals surface area contributed by atoms with Gasteiger partial charge in [0.1, 0.15) is 11.5 Å². The molecule has 0 radical (unpaired) electrons. The lowest BCUT2D eigenvalue weighted by Crippen LogP contribution is -2.03. The molecule has 4 nitrogen and oxygen atoms in total. The van der Waals surface area contributed by atoms with Crippen molar-refractivity contribution in [1.82, 2.24) is 10.2 Å². The van der Waals surface area contributed by atoms with Crippen LogP contribution in [0.4, 0.5) is 5.82 Å². The van der Waals surface area contributed by atoms with Gasteiger partial charge in [0.2, 0.25) is 0 Å². The van der Waals surface area contributed by atoms with E-state index in [0.29, 0.717) is 6.54 Å². The van der Waals surface area contributed by atoms with E-state index in [2.05, 4.69) is 51.9 Å². The van der Waals surface area contributed by atoms with E-state index in [1.807, 2.05) is 18.2 Å². The lowest BCUT2D eigenvalue weighted by Gasteiger charge is -2.11. The SMILES string of the molecule is c1coc(CNc2nnc(-c3ccc4c(c3)CCC4)c3ccccc23)c1. The maximum absolute atomic E-state index is 5.39. The van der Waals surface area contributed by atoms with Crippen molar-refractivity contribution in [3.8, 4) is 11.3 Å². The molecule has 0 aliphatic heterocycles. The molecule has 0 atom stereocenters. The third-order valence-corrected chi connectivity index (χ3v) is 5.07. The maximum atomic E-state index is 5.39. The molecule has 128 valence electrons. The average Bonchev–Trinajstić information content (AvgIpc) is 3.37. The van der Waals surface area contributed by atoms with Gasteiger partial charge >= 0.3 is 0 Å². The predicted octanol–water partition coefficient (Wildman–Crippen LogP) is 4.99. The molecule has 2 heterocycles. The molecule has 0 bridgehead atoms. The maximum Gasteiger partial charge on any atom is 0.156 e. The number of nitrogens with zero attached hydrogens (tertiary/aromatic N) is 2. The van der Waals surface area contributed by atoms with Crippen molar-refractivity contribution in [1.29, 1.82) is 0 Å². The minimum Gasteiger partial charge on any atom is -0.467 e. The molecule has 0 amide bonds. The van der Waals surface area contributed by atoms with E-state index in [1.165, 1.54) is 24.0 Å². The molecule has 26 heavy (non-hydrogen) atoms. The fourth-order valence-corrected chi connectivity index (χ4v) is 3.75. The lowest BCUT2D eigenvalue weighted by molar-refractivity contribution is 0.518. The summed E-state index contributed by atoms with van der Waals surface area (Å²) in [6.45, 7) is 0.587.